The Bertz CT molecular complexity index is 677. The van der Waals surface area contributed by atoms with E-state index in [9.17, 15) is 26.4 Å². The number of benzene rings is 1. The highest BCUT2D eigenvalue weighted by Gasteiger charge is 2.49. The van der Waals surface area contributed by atoms with Crippen molar-refractivity contribution in [2.24, 2.45) is 0 Å². The van der Waals surface area contributed by atoms with Gasteiger partial charge in [-0.15, -0.1) is 0 Å². The number of carbonyl (C=O) groups is 1. The normalized spacial score (nSPS) is 12.9. The Morgan fingerprint density at radius 1 is 1.27 bits per heavy atom. The van der Waals surface area contributed by atoms with Crippen LogP contribution in [0.4, 0.5) is 13.2 Å². The average molecular weight is 338 g/mol. The molecule has 0 aliphatic rings. The summed E-state index contributed by atoms with van der Waals surface area (Å²) < 4.78 is 68.3. The highest BCUT2D eigenvalue weighted by molar-refractivity contribution is 7.87. The molecular formula is C13H13F3O5S. The summed E-state index contributed by atoms with van der Waals surface area (Å²) in [6.07, 6.45) is 0.565. The molecule has 0 N–H and O–H groups in total. The maximum absolute atomic E-state index is 12.4. The molecule has 0 radical (unpaired) electrons. The molecule has 0 aliphatic carbocycles. The first kappa shape index (κ1) is 18.0. The van der Waals surface area contributed by atoms with Crippen molar-refractivity contribution in [1.82, 2.24) is 0 Å². The predicted molar refractivity (Wildman–Crippen MR) is 71.8 cm³/mol. The van der Waals surface area contributed by atoms with E-state index >= 15 is 0 Å². The van der Waals surface area contributed by atoms with Crippen molar-refractivity contribution in [3.63, 3.8) is 0 Å². The predicted octanol–water partition coefficient (Wildman–Crippen LogP) is 2.77. The maximum Gasteiger partial charge on any atom is 0.534 e. The van der Waals surface area contributed by atoms with Crippen LogP contribution < -0.4 is 0 Å². The minimum atomic E-state index is -5.90. The third-order valence-corrected chi connectivity index (χ3v) is 3.39. The van der Waals surface area contributed by atoms with Gasteiger partial charge in [-0.25, -0.2) is 4.79 Å². The molecule has 22 heavy (non-hydrogen) atoms. The van der Waals surface area contributed by atoms with Gasteiger partial charge in [-0.3, -0.25) is 0 Å². The molecule has 0 atom stereocenters. The number of hydrogen-bond donors (Lipinski definition) is 0. The van der Waals surface area contributed by atoms with Gasteiger partial charge in [0.15, 0.2) is 5.76 Å². The molecular weight excluding hydrogens is 325 g/mol. The van der Waals surface area contributed by atoms with Crippen molar-refractivity contribution in [2.75, 3.05) is 6.61 Å². The fraction of sp³-hybridized carbons (Fsp3) is 0.308. The fourth-order valence-corrected chi connectivity index (χ4v) is 1.92. The zero-order chi connectivity index (χ0) is 17.0. The van der Waals surface area contributed by atoms with E-state index in [2.05, 4.69) is 8.92 Å². The van der Waals surface area contributed by atoms with Crippen LogP contribution in [0, 0.1) is 6.92 Å². The summed E-state index contributed by atoms with van der Waals surface area (Å²) in [5.74, 6) is -1.77. The summed E-state index contributed by atoms with van der Waals surface area (Å²) in [6, 6.07) is 5.91. The van der Waals surface area contributed by atoms with Gasteiger partial charge in [0, 0.05) is 5.56 Å². The summed E-state index contributed by atoms with van der Waals surface area (Å²) in [4.78, 5) is 11.4. The van der Waals surface area contributed by atoms with Crippen molar-refractivity contribution >= 4 is 21.8 Å². The van der Waals surface area contributed by atoms with Gasteiger partial charge in [0.25, 0.3) is 0 Å². The Morgan fingerprint density at radius 3 is 2.36 bits per heavy atom. The molecule has 9 heteroatoms. The van der Waals surface area contributed by atoms with E-state index < -0.39 is 27.4 Å². The first-order chi connectivity index (χ1) is 10.1. The van der Waals surface area contributed by atoms with Crippen LogP contribution in [0.1, 0.15) is 18.1 Å². The van der Waals surface area contributed by atoms with E-state index in [0.717, 1.165) is 0 Å². The quantitative estimate of drug-likeness (QED) is 0.271. The molecule has 5 nitrogen and oxygen atoms in total. The second-order valence-corrected chi connectivity index (χ2v) is 5.60. The van der Waals surface area contributed by atoms with E-state index in [4.69, 9.17) is 0 Å². The molecule has 0 bridgehead atoms. The zero-order valence-electron chi connectivity index (χ0n) is 11.7. The smallest absolute Gasteiger partial charge is 0.463 e. The Hall–Kier alpha value is -2.03. The fourth-order valence-electron chi connectivity index (χ4n) is 1.45. The van der Waals surface area contributed by atoms with Crippen molar-refractivity contribution in [3.05, 3.63) is 41.5 Å². The number of carbonyl (C=O) groups excluding carboxylic acids is 1. The molecule has 0 unspecified atom stereocenters. The maximum atomic E-state index is 12.4. The molecule has 122 valence electrons. The van der Waals surface area contributed by atoms with Crippen molar-refractivity contribution in [3.8, 4) is 0 Å². The Labute approximate surface area is 125 Å². The van der Waals surface area contributed by atoms with E-state index in [1.165, 1.54) is 32.0 Å². The van der Waals surface area contributed by atoms with Gasteiger partial charge in [-0.2, -0.15) is 21.6 Å². The third kappa shape index (κ3) is 4.48. The lowest BCUT2D eigenvalue weighted by molar-refractivity contribution is -0.137. The molecule has 0 saturated heterocycles. The summed E-state index contributed by atoms with van der Waals surface area (Å²) in [5, 5.41) is 0. The van der Waals surface area contributed by atoms with Gasteiger partial charge in [-0.1, -0.05) is 24.3 Å². The molecule has 0 amide bonds. The number of hydrogen-bond acceptors (Lipinski definition) is 5. The van der Waals surface area contributed by atoms with E-state index in [1.807, 2.05) is 0 Å². The van der Waals surface area contributed by atoms with Gasteiger partial charge >= 0.3 is 21.6 Å². The molecule has 1 aromatic carbocycles. The van der Waals surface area contributed by atoms with Crippen LogP contribution in [0.25, 0.3) is 5.76 Å². The lowest BCUT2D eigenvalue weighted by atomic mass is 10.1. The van der Waals surface area contributed by atoms with Gasteiger partial charge in [0.05, 0.1) is 12.7 Å². The Morgan fingerprint density at radius 2 is 1.86 bits per heavy atom. The largest absolute Gasteiger partial charge is 0.534 e. The van der Waals surface area contributed by atoms with Crippen molar-refractivity contribution in [2.45, 2.75) is 19.4 Å². The van der Waals surface area contributed by atoms with Crippen LogP contribution in [0.5, 0.6) is 0 Å². The van der Waals surface area contributed by atoms with Crippen molar-refractivity contribution < 1.29 is 35.3 Å². The van der Waals surface area contributed by atoms with Crippen LogP contribution in [0.2, 0.25) is 0 Å². The minimum absolute atomic E-state index is 0.0254. The highest BCUT2D eigenvalue weighted by Crippen LogP contribution is 2.30. The Kier molecular flexibility index (Phi) is 5.59. The Balaban J connectivity index is 3.31. The molecule has 0 heterocycles. The average Bonchev–Trinajstić information content (AvgIpc) is 2.37. The molecule has 0 aromatic heterocycles. The number of esters is 1. The summed E-state index contributed by atoms with van der Waals surface area (Å²) in [7, 11) is -5.90. The van der Waals surface area contributed by atoms with E-state index in [1.54, 1.807) is 6.07 Å². The lowest BCUT2D eigenvalue weighted by Gasteiger charge is -2.14. The summed E-state index contributed by atoms with van der Waals surface area (Å²) in [6.45, 7) is 2.99. The van der Waals surface area contributed by atoms with Gasteiger partial charge in [-0.05, 0) is 19.4 Å². The zero-order valence-corrected chi connectivity index (χ0v) is 12.5. The van der Waals surface area contributed by atoms with Crippen LogP contribution >= 0.6 is 0 Å². The van der Waals surface area contributed by atoms with E-state index in [-0.39, 0.29) is 12.2 Å². The molecule has 0 spiro atoms. The van der Waals surface area contributed by atoms with Crippen LogP contribution in [-0.4, -0.2) is 26.5 Å². The van der Waals surface area contributed by atoms with Crippen LogP contribution in [-0.2, 0) is 23.8 Å². The van der Waals surface area contributed by atoms with Gasteiger partial charge in [0.1, 0.15) is 0 Å². The second-order valence-electron chi connectivity index (χ2n) is 4.06. The summed E-state index contributed by atoms with van der Waals surface area (Å²) >= 11 is 0. The molecule has 1 aromatic rings. The monoisotopic (exact) mass is 338 g/mol. The summed E-state index contributed by atoms with van der Waals surface area (Å²) in [5.41, 5.74) is -5.15. The topological polar surface area (TPSA) is 69.7 Å². The number of rotatable bonds is 5. The number of aryl methyl sites for hydroxylation is 1. The molecule has 0 saturated carbocycles. The van der Waals surface area contributed by atoms with Crippen LogP contribution in [0.15, 0.2) is 30.3 Å². The standard InChI is InChI=1S/C13H13F3O5S/c1-3-20-12(17)8-11(10-7-5-4-6-9(10)2)21-22(18,19)13(14,15)16/h4-8H,3H2,1-2H3/b11-8-. The number of ether oxygens (including phenoxy) is 1. The molecule has 0 fully saturated rings. The number of halogens is 3. The van der Waals surface area contributed by atoms with Gasteiger partial charge in [0.2, 0.25) is 0 Å². The highest BCUT2D eigenvalue weighted by atomic mass is 32.2. The first-order valence-corrected chi connectivity index (χ1v) is 7.44. The SMILES string of the molecule is CCOC(=O)/C=C(\OS(=O)(=O)C(F)(F)F)c1ccccc1C. The first-order valence-electron chi connectivity index (χ1n) is 6.03. The van der Waals surface area contributed by atoms with Crippen LogP contribution in [0.3, 0.4) is 0 Å². The van der Waals surface area contributed by atoms with E-state index in [0.29, 0.717) is 11.6 Å². The molecule has 0 aliphatic heterocycles. The minimum Gasteiger partial charge on any atom is -0.463 e. The lowest BCUT2D eigenvalue weighted by Crippen LogP contribution is -2.25. The second kappa shape index (κ2) is 6.82. The number of alkyl halides is 3. The third-order valence-electron chi connectivity index (χ3n) is 2.43. The van der Waals surface area contributed by atoms with Gasteiger partial charge < -0.3 is 8.92 Å². The molecule has 1 rings (SSSR count). The van der Waals surface area contributed by atoms with Crippen molar-refractivity contribution in [1.29, 1.82) is 0 Å².